The van der Waals surface area contributed by atoms with E-state index >= 15 is 0 Å². The zero-order valence-electron chi connectivity index (χ0n) is 11.8. The van der Waals surface area contributed by atoms with E-state index in [-0.39, 0.29) is 13.0 Å². The van der Waals surface area contributed by atoms with Gasteiger partial charge in [0.25, 0.3) is 5.91 Å². The summed E-state index contributed by atoms with van der Waals surface area (Å²) in [7, 11) is 0. The van der Waals surface area contributed by atoms with Crippen molar-refractivity contribution in [2.75, 3.05) is 11.9 Å². The molecule has 0 aliphatic rings. The first-order chi connectivity index (χ1) is 10.9. The van der Waals surface area contributed by atoms with E-state index in [0.717, 1.165) is 0 Å². The molecular formula is C16H12Cl3NO3. The fraction of sp³-hybridized carbons (Fsp3) is 0.125. The number of hydrogen-bond donors (Lipinski definition) is 1. The van der Waals surface area contributed by atoms with Crippen molar-refractivity contribution in [3.8, 4) is 0 Å². The van der Waals surface area contributed by atoms with E-state index < -0.39 is 11.9 Å². The van der Waals surface area contributed by atoms with E-state index in [1.165, 1.54) is 0 Å². The Bertz CT molecular complexity index is 717. The summed E-state index contributed by atoms with van der Waals surface area (Å²) >= 11 is 17.4. The van der Waals surface area contributed by atoms with E-state index in [1.54, 1.807) is 42.5 Å². The number of anilines is 1. The van der Waals surface area contributed by atoms with Crippen molar-refractivity contribution in [2.24, 2.45) is 0 Å². The molecule has 2 aromatic carbocycles. The Morgan fingerprint density at radius 2 is 1.65 bits per heavy atom. The maximum absolute atomic E-state index is 11.7. The van der Waals surface area contributed by atoms with Crippen LogP contribution in [-0.2, 0) is 20.7 Å². The minimum absolute atomic E-state index is 0.00507. The van der Waals surface area contributed by atoms with E-state index in [0.29, 0.717) is 26.3 Å². The van der Waals surface area contributed by atoms with Gasteiger partial charge in [-0.05, 0) is 42.0 Å². The summed E-state index contributed by atoms with van der Waals surface area (Å²) in [6.07, 6.45) is 0.00507. The third-order valence-electron chi connectivity index (χ3n) is 2.82. The van der Waals surface area contributed by atoms with Crippen LogP contribution in [0.2, 0.25) is 15.1 Å². The van der Waals surface area contributed by atoms with Crippen molar-refractivity contribution in [1.82, 2.24) is 0 Å². The fourth-order valence-corrected chi connectivity index (χ4v) is 2.19. The molecule has 0 unspecified atom stereocenters. The molecule has 1 N–H and O–H groups in total. The van der Waals surface area contributed by atoms with Crippen LogP contribution in [0.25, 0.3) is 0 Å². The minimum Gasteiger partial charge on any atom is -0.455 e. The van der Waals surface area contributed by atoms with Crippen LogP contribution in [0.1, 0.15) is 5.56 Å². The Morgan fingerprint density at radius 3 is 2.30 bits per heavy atom. The molecule has 4 nitrogen and oxygen atoms in total. The van der Waals surface area contributed by atoms with Gasteiger partial charge in [0.05, 0.1) is 16.5 Å². The molecular weight excluding hydrogens is 361 g/mol. The molecule has 7 heteroatoms. The smallest absolute Gasteiger partial charge is 0.310 e. The Morgan fingerprint density at radius 1 is 0.957 bits per heavy atom. The molecule has 1 amide bonds. The summed E-state index contributed by atoms with van der Waals surface area (Å²) in [5, 5.41) is 3.92. The van der Waals surface area contributed by atoms with E-state index in [9.17, 15) is 9.59 Å². The molecule has 0 heterocycles. The van der Waals surface area contributed by atoms with Crippen molar-refractivity contribution in [2.45, 2.75) is 6.42 Å². The molecule has 0 radical (unpaired) electrons. The third-order valence-corrected chi connectivity index (χ3v) is 3.82. The second-order valence-corrected chi connectivity index (χ2v) is 5.89. The lowest BCUT2D eigenvalue weighted by Gasteiger charge is -2.07. The average Bonchev–Trinajstić information content (AvgIpc) is 2.51. The van der Waals surface area contributed by atoms with Crippen molar-refractivity contribution >= 4 is 52.4 Å². The van der Waals surface area contributed by atoms with Gasteiger partial charge in [-0.2, -0.15) is 0 Å². The summed E-state index contributed by atoms with van der Waals surface area (Å²) in [6, 6.07) is 11.4. The topological polar surface area (TPSA) is 55.4 Å². The molecule has 0 aliphatic heterocycles. The minimum atomic E-state index is -0.533. The van der Waals surface area contributed by atoms with E-state index in [1.807, 2.05) is 0 Å². The molecule has 0 aliphatic carbocycles. The number of esters is 1. The normalized spacial score (nSPS) is 10.2. The summed E-state index contributed by atoms with van der Waals surface area (Å²) in [6.45, 7) is -0.372. The van der Waals surface area contributed by atoms with Gasteiger partial charge in [0.2, 0.25) is 0 Å². The third kappa shape index (κ3) is 5.75. The molecule has 2 rings (SSSR count). The number of benzene rings is 2. The van der Waals surface area contributed by atoms with Gasteiger partial charge in [0, 0.05) is 10.7 Å². The van der Waals surface area contributed by atoms with Crippen molar-refractivity contribution in [3.05, 3.63) is 63.1 Å². The van der Waals surface area contributed by atoms with Crippen LogP contribution in [0.15, 0.2) is 42.5 Å². The molecule has 0 bridgehead atoms. The average molecular weight is 373 g/mol. The van der Waals surface area contributed by atoms with Gasteiger partial charge in [0.1, 0.15) is 0 Å². The summed E-state index contributed by atoms with van der Waals surface area (Å²) in [5.41, 5.74) is 1.22. The highest BCUT2D eigenvalue weighted by Crippen LogP contribution is 2.22. The predicted molar refractivity (Wildman–Crippen MR) is 91.2 cm³/mol. The lowest BCUT2D eigenvalue weighted by molar-refractivity contribution is -0.146. The first kappa shape index (κ1) is 17.6. The van der Waals surface area contributed by atoms with Crippen LogP contribution in [-0.4, -0.2) is 18.5 Å². The van der Waals surface area contributed by atoms with Crippen LogP contribution in [0, 0.1) is 0 Å². The van der Waals surface area contributed by atoms with Crippen LogP contribution in [0.3, 0.4) is 0 Å². The first-order valence-corrected chi connectivity index (χ1v) is 7.72. The molecule has 120 valence electrons. The SMILES string of the molecule is O=C(COC(=O)Cc1ccc(Cl)c(Cl)c1)Nc1ccc(Cl)cc1. The number of amides is 1. The van der Waals surface area contributed by atoms with E-state index in [2.05, 4.69) is 5.32 Å². The van der Waals surface area contributed by atoms with Crippen molar-refractivity contribution < 1.29 is 14.3 Å². The zero-order chi connectivity index (χ0) is 16.8. The highest BCUT2D eigenvalue weighted by Gasteiger charge is 2.10. The fourth-order valence-electron chi connectivity index (χ4n) is 1.74. The molecule has 0 saturated heterocycles. The molecule has 0 atom stereocenters. The van der Waals surface area contributed by atoms with Crippen LogP contribution in [0.4, 0.5) is 5.69 Å². The van der Waals surface area contributed by atoms with Gasteiger partial charge in [-0.15, -0.1) is 0 Å². The highest BCUT2D eigenvalue weighted by atomic mass is 35.5. The maximum atomic E-state index is 11.7. The second-order valence-electron chi connectivity index (χ2n) is 4.64. The molecule has 0 saturated carbocycles. The maximum Gasteiger partial charge on any atom is 0.310 e. The number of nitrogens with one attached hydrogen (secondary N) is 1. The monoisotopic (exact) mass is 371 g/mol. The summed E-state index contributed by atoms with van der Waals surface area (Å²) in [5.74, 6) is -0.968. The number of halogens is 3. The van der Waals surface area contributed by atoms with Gasteiger partial charge in [-0.1, -0.05) is 40.9 Å². The number of carbonyl (C=O) groups excluding carboxylic acids is 2. The highest BCUT2D eigenvalue weighted by molar-refractivity contribution is 6.42. The lowest BCUT2D eigenvalue weighted by Crippen LogP contribution is -2.21. The number of hydrogen-bond acceptors (Lipinski definition) is 3. The summed E-state index contributed by atoms with van der Waals surface area (Å²) < 4.78 is 4.92. The Labute approximate surface area is 148 Å². The van der Waals surface area contributed by atoms with Crippen LogP contribution < -0.4 is 5.32 Å². The quantitative estimate of drug-likeness (QED) is 0.793. The van der Waals surface area contributed by atoms with Gasteiger partial charge in [-0.25, -0.2) is 0 Å². The van der Waals surface area contributed by atoms with Gasteiger partial charge >= 0.3 is 5.97 Å². The van der Waals surface area contributed by atoms with E-state index in [4.69, 9.17) is 39.5 Å². The van der Waals surface area contributed by atoms with Gasteiger partial charge in [0.15, 0.2) is 6.61 Å². The Hall–Kier alpha value is -1.75. The molecule has 0 aromatic heterocycles. The molecule has 0 fully saturated rings. The predicted octanol–water partition coefficient (Wildman–Crippen LogP) is 4.37. The second kappa shape index (κ2) is 8.20. The molecule has 0 spiro atoms. The Balaban J connectivity index is 1.80. The largest absolute Gasteiger partial charge is 0.455 e. The van der Waals surface area contributed by atoms with Gasteiger partial charge < -0.3 is 10.1 Å². The summed E-state index contributed by atoms with van der Waals surface area (Å²) in [4.78, 5) is 23.4. The van der Waals surface area contributed by atoms with Crippen molar-refractivity contribution in [1.29, 1.82) is 0 Å². The zero-order valence-corrected chi connectivity index (χ0v) is 14.1. The van der Waals surface area contributed by atoms with Crippen LogP contribution >= 0.6 is 34.8 Å². The number of rotatable bonds is 5. The first-order valence-electron chi connectivity index (χ1n) is 6.59. The standard InChI is InChI=1S/C16H12Cl3NO3/c17-11-2-4-12(5-3-11)20-15(21)9-23-16(22)8-10-1-6-13(18)14(19)7-10/h1-7H,8-9H2,(H,20,21). The number of carbonyl (C=O) groups is 2. The lowest BCUT2D eigenvalue weighted by atomic mass is 10.1. The van der Waals surface area contributed by atoms with Gasteiger partial charge in [-0.3, -0.25) is 9.59 Å². The molecule has 23 heavy (non-hydrogen) atoms. The molecule has 2 aromatic rings. The van der Waals surface area contributed by atoms with Crippen LogP contribution in [0.5, 0.6) is 0 Å². The van der Waals surface area contributed by atoms with Crippen molar-refractivity contribution in [3.63, 3.8) is 0 Å². The number of ether oxygens (including phenoxy) is 1. The Kier molecular flexibility index (Phi) is 6.28.